The van der Waals surface area contributed by atoms with Gasteiger partial charge in [0.2, 0.25) is 0 Å². The first kappa shape index (κ1) is 24.5. The summed E-state index contributed by atoms with van der Waals surface area (Å²) >= 11 is 0. The van der Waals surface area contributed by atoms with Crippen molar-refractivity contribution in [1.29, 1.82) is 0 Å². The van der Waals surface area contributed by atoms with Gasteiger partial charge in [0.05, 0.1) is 11.9 Å². The molecule has 0 aromatic carbocycles. The Bertz CT molecular complexity index is 1130. The summed E-state index contributed by atoms with van der Waals surface area (Å²) in [4.78, 5) is 27.8. The van der Waals surface area contributed by atoms with Crippen molar-refractivity contribution in [2.45, 2.75) is 58.2 Å². The molecule has 1 aliphatic heterocycles. The number of rotatable bonds is 11. The van der Waals surface area contributed by atoms with Crippen LogP contribution in [-0.2, 0) is 16.3 Å². The maximum absolute atomic E-state index is 11.3. The molecule has 0 unspecified atom stereocenters. The number of aromatic nitrogens is 4. The molecule has 0 bridgehead atoms. The third kappa shape index (κ3) is 6.49. The molecule has 0 radical (unpaired) electrons. The molecule has 1 saturated heterocycles. The SMILES string of the molecule is CC(=O)CCN1CC[C@@H](Nc2ncccc2-c2cnc3c(ccn3COCC[Si](C)(C)C)n2)C1. The highest BCUT2D eigenvalue weighted by Crippen LogP contribution is 2.27. The molecule has 0 amide bonds. The Labute approximate surface area is 202 Å². The van der Waals surface area contributed by atoms with Crippen LogP contribution in [0.1, 0.15) is 19.8 Å². The van der Waals surface area contributed by atoms with Gasteiger partial charge < -0.3 is 19.5 Å². The predicted octanol–water partition coefficient (Wildman–Crippen LogP) is 4.27. The molecular weight excluding hydrogens is 444 g/mol. The first-order valence-electron chi connectivity index (χ1n) is 12.1. The van der Waals surface area contributed by atoms with Crippen LogP contribution in [0.2, 0.25) is 25.7 Å². The molecule has 0 aliphatic carbocycles. The molecule has 182 valence electrons. The van der Waals surface area contributed by atoms with E-state index >= 15 is 0 Å². The van der Waals surface area contributed by atoms with E-state index in [0.29, 0.717) is 19.2 Å². The molecule has 1 aliphatic rings. The Kier molecular flexibility index (Phi) is 7.75. The van der Waals surface area contributed by atoms with Crippen molar-refractivity contribution in [3.05, 3.63) is 36.8 Å². The molecule has 3 aromatic rings. The largest absolute Gasteiger partial charge is 0.365 e. The second kappa shape index (κ2) is 10.8. The number of Topliss-reactive ketones (excluding diaryl/α,β-unsaturated/α-hetero) is 1. The van der Waals surface area contributed by atoms with Crippen molar-refractivity contribution in [1.82, 2.24) is 24.4 Å². The number of hydrogen-bond acceptors (Lipinski definition) is 7. The molecule has 0 spiro atoms. The minimum Gasteiger partial charge on any atom is -0.365 e. The molecule has 1 atom stereocenters. The standard InChI is InChI=1S/C25H36N6O2Si/c1-19(32)7-11-30-12-8-20(17-30)28-24-21(6-5-10-26-24)23-16-27-25-22(29-23)9-13-31(25)18-33-14-15-34(2,3)4/h5-6,9-10,13,16,20H,7-8,11-12,14-15,17-18H2,1-4H3,(H,26,28)/t20-/m1/s1. The van der Waals surface area contributed by atoms with Crippen molar-refractivity contribution in [2.75, 3.05) is 31.6 Å². The van der Waals surface area contributed by atoms with Crippen LogP contribution < -0.4 is 5.32 Å². The molecule has 9 heteroatoms. The number of ether oxygens (including phenoxy) is 1. The van der Waals surface area contributed by atoms with E-state index in [9.17, 15) is 4.79 Å². The van der Waals surface area contributed by atoms with Gasteiger partial charge in [-0.1, -0.05) is 19.6 Å². The fraction of sp³-hybridized carbons (Fsp3) is 0.520. The number of ketones is 1. The number of nitrogens with one attached hydrogen (secondary N) is 1. The lowest BCUT2D eigenvalue weighted by Gasteiger charge is -2.18. The predicted molar refractivity (Wildman–Crippen MR) is 139 cm³/mol. The quantitative estimate of drug-likeness (QED) is 0.324. The summed E-state index contributed by atoms with van der Waals surface area (Å²) in [6.07, 6.45) is 7.24. The van der Waals surface area contributed by atoms with E-state index in [1.54, 1.807) is 13.1 Å². The Morgan fingerprint density at radius 3 is 2.91 bits per heavy atom. The second-order valence-electron chi connectivity index (χ2n) is 10.4. The normalized spacial score (nSPS) is 16.9. The van der Waals surface area contributed by atoms with Crippen LogP contribution in [0.25, 0.3) is 22.4 Å². The molecule has 1 N–H and O–H groups in total. The highest BCUT2D eigenvalue weighted by atomic mass is 28.3. The van der Waals surface area contributed by atoms with E-state index in [-0.39, 0.29) is 5.78 Å². The van der Waals surface area contributed by atoms with Crippen molar-refractivity contribution in [3.63, 3.8) is 0 Å². The zero-order valence-electron chi connectivity index (χ0n) is 20.8. The maximum atomic E-state index is 11.3. The van der Waals surface area contributed by atoms with Gasteiger partial charge in [-0.25, -0.2) is 15.0 Å². The summed E-state index contributed by atoms with van der Waals surface area (Å²) in [5.74, 6) is 1.06. The topological polar surface area (TPSA) is 85.2 Å². The van der Waals surface area contributed by atoms with E-state index in [1.807, 2.05) is 35.2 Å². The van der Waals surface area contributed by atoms with Gasteiger partial charge in [0.25, 0.3) is 0 Å². The van der Waals surface area contributed by atoms with E-state index in [4.69, 9.17) is 14.7 Å². The Hall–Kier alpha value is -2.62. The molecule has 3 aromatic heterocycles. The Morgan fingerprint density at radius 2 is 2.12 bits per heavy atom. The third-order valence-corrected chi connectivity index (χ3v) is 7.87. The lowest BCUT2D eigenvalue weighted by Crippen LogP contribution is -2.28. The average Bonchev–Trinajstić information content (AvgIpc) is 3.41. The molecule has 4 rings (SSSR count). The summed E-state index contributed by atoms with van der Waals surface area (Å²) in [5.41, 5.74) is 3.41. The van der Waals surface area contributed by atoms with Gasteiger partial charge in [-0.15, -0.1) is 0 Å². The molecule has 1 fully saturated rings. The van der Waals surface area contributed by atoms with E-state index in [2.05, 4.69) is 34.8 Å². The lowest BCUT2D eigenvalue weighted by atomic mass is 10.1. The number of carbonyl (C=O) groups is 1. The van der Waals surface area contributed by atoms with Crippen molar-refractivity contribution >= 4 is 30.8 Å². The van der Waals surface area contributed by atoms with Crippen LogP contribution in [0, 0.1) is 0 Å². The Balaban J connectivity index is 1.43. The van der Waals surface area contributed by atoms with Crippen LogP contribution >= 0.6 is 0 Å². The number of anilines is 1. The van der Waals surface area contributed by atoms with Crippen LogP contribution in [0.3, 0.4) is 0 Å². The first-order valence-corrected chi connectivity index (χ1v) is 15.8. The number of nitrogens with zero attached hydrogens (tertiary/aromatic N) is 5. The average molecular weight is 481 g/mol. The molecular formula is C25H36N6O2Si. The van der Waals surface area contributed by atoms with Crippen LogP contribution in [0.5, 0.6) is 0 Å². The monoisotopic (exact) mass is 480 g/mol. The number of pyridine rings is 1. The molecule has 8 nitrogen and oxygen atoms in total. The van der Waals surface area contributed by atoms with Gasteiger partial charge in [-0.2, -0.15) is 0 Å². The highest BCUT2D eigenvalue weighted by Gasteiger charge is 2.23. The summed E-state index contributed by atoms with van der Waals surface area (Å²) in [6, 6.07) is 7.39. The summed E-state index contributed by atoms with van der Waals surface area (Å²) < 4.78 is 7.90. The highest BCUT2D eigenvalue weighted by molar-refractivity contribution is 6.76. The Morgan fingerprint density at radius 1 is 1.26 bits per heavy atom. The fourth-order valence-electron chi connectivity index (χ4n) is 4.13. The van der Waals surface area contributed by atoms with Crippen LogP contribution in [0.4, 0.5) is 5.82 Å². The zero-order valence-corrected chi connectivity index (χ0v) is 21.8. The first-order chi connectivity index (χ1) is 16.3. The summed E-state index contributed by atoms with van der Waals surface area (Å²) in [7, 11) is -1.10. The van der Waals surface area contributed by atoms with Crippen molar-refractivity contribution < 1.29 is 9.53 Å². The summed E-state index contributed by atoms with van der Waals surface area (Å²) in [6.45, 7) is 12.7. The minimum atomic E-state index is -1.10. The van der Waals surface area contributed by atoms with Gasteiger partial charge >= 0.3 is 0 Å². The van der Waals surface area contributed by atoms with Gasteiger partial charge in [0.15, 0.2) is 5.65 Å². The molecule has 0 saturated carbocycles. The van der Waals surface area contributed by atoms with Crippen molar-refractivity contribution in [3.8, 4) is 11.3 Å². The van der Waals surface area contributed by atoms with E-state index in [1.165, 1.54) is 0 Å². The van der Waals surface area contributed by atoms with Gasteiger partial charge in [-0.3, -0.25) is 4.79 Å². The van der Waals surface area contributed by atoms with Gasteiger partial charge in [0.1, 0.15) is 23.8 Å². The second-order valence-corrected chi connectivity index (χ2v) is 16.0. The maximum Gasteiger partial charge on any atom is 0.160 e. The third-order valence-electron chi connectivity index (χ3n) is 6.17. The lowest BCUT2D eigenvalue weighted by molar-refractivity contribution is -0.117. The number of hydrogen-bond donors (Lipinski definition) is 1. The molecule has 4 heterocycles. The van der Waals surface area contributed by atoms with E-state index < -0.39 is 8.07 Å². The number of carbonyl (C=O) groups excluding carboxylic acids is 1. The smallest absolute Gasteiger partial charge is 0.160 e. The number of likely N-dealkylation sites (tertiary alicyclic amines) is 1. The zero-order chi connectivity index (χ0) is 24.1. The molecule has 34 heavy (non-hydrogen) atoms. The summed E-state index contributed by atoms with van der Waals surface area (Å²) in [5, 5.41) is 3.60. The van der Waals surface area contributed by atoms with Crippen molar-refractivity contribution in [2.24, 2.45) is 0 Å². The minimum absolute atomic E-state index is 0.240. The van der Waals surface area contributed by atoms with Gasteiger partial charge in [-0.05, 0) is 37.6 Å². The number of fused-ring (bicyclic) bond motifs is 1. The van der Waals surface area contributed by atoms with Crippen LogP contribution in [-0.4, -0.2) is 70.6 Å². The van der Waals surface area contributed by atoms with E-state index in [0.717, 1.165) is 66.9 Å². The fourth-order valence-corrected chi connectivity index (χ4v) is 4.88. The van der Waals surface area contributed by atoms with Gasteiger partial charge in [0, 0.05) is 64.7 Å². The van der Waals surface area contributed by atoms with Crippen LogP contribution in [0.15, 0.2) is 36.8 Å².